The zero-order valence-corrected chi connectivity index (χ0v) is 6.55. The van der Waals surface area contributed by atoms with Crippen molar-refractivity contribution in [2.45, 2.75) is 25.7 Å². The van der Waals surface area contributed by atoms with Crippen LogP contribution in [0.4, 0.5) is 0 Å². The van der Waals surface area contributed by atoms with E-state index in [1.165, 1.54) is 19.3 Å². The maximum Gasteiger partial charge on any atom is 0.237 e. The summed E-state index contributed by atoms with van der Waals surface area (Å²) in [5.41, 5.74) is 2.25. The van der Waals surface area contributed by atoms with E-state index in [-0.39, 0.29) is 11.8 Å². The lowest BCUT2D eigenvalue weighted by atomic mass is 9.88. The summed E-state index contributed by atoms with van der Waals surface area (Å²) in [7, 11) is 0. The monoisotopic (exact) mass is 154 g/mol. The van der Waals surface area contributed by atoms with Gasteiger partial charge in [0.2, 0.25) is 5.91 Å². The fraction of sp³-hybridized carbons (Fsp3) is 0.875. The molecule has 0 saturated heterocycles. The molecule has 2 bridgehead atoms. The number of hydrogen-bond acceptors (Lipinski definition) is 2. The van der Waals surface area contributed by atoms with Gasteiger partial charge in [-0.25, -0.2) is 5.84 Å². The molecule has 0 aliphatic heterocycles. The van der Waals surface area contributed by atoms with E-state index in [1.54, 1.807) is 0 Å². The zero-order valence-electron chi connectivity index (χ0n) is 6.55. The number of fused-ring (bicyclic) bond motifs is 2. The van der Waals surface area contributed by atoms with Crippen molar-refractivity contribution in [3.8, 4) is 0 Å². The highest BCUT2D eigenvalue weighted by Gasteiger charge is 2.42. The summed E-state index contributed by atoms with van der Waals surface area (Å²) in [5, 5.41) is 0. The first-order chi connectivity index (χ1) is 5.31. The van der Waals surface area contributed by atoms with Crippen LogP contribution in [-0.2, 0) is 4.79 Å². The van der Waals surface area contributed by atoms with Crippen LogP contribution in [0.1, 0.15) is 25.7 Å². The molecule has 3 nitrogen and oxygen atoms in total. The van der Waals surface area contributed by atoms with Crippen LogP contribution in [0.15, 0.2) is 0 Å². The van der Waals surface area contributed by atoms with Crippen molar-refractivity contribution >= 4 is 5.91 Å². The number of hydrogen-bond donors (Lipinski definition) is 2. The molecule has 2 rings (SSSR count). The maximum atomic E-state index is 11.2. The SMILES string of the molecule is NNC(=O)[C@@H]1C[C@H]2CC[C@@H]1C2. The van der Waals surface area contributed by atoms with E-state index in [9.17, 15) is 4.79 Å². The lowest BCUT2D eigenvalue weighted by Gasteiger charge is -2.19. The minimum absolute atomic E-state index is 0.0530. The average molecular weight is 154 g/mol. The van der Waals surface area contributed by atoms with Gasteiger partial charge < -0.3 is 0 Å². The van der Waals surface area contributed by atoms with Crippen molar-refractivity contribution in [3.05, 3.63) is 0 Å². The number of carbonyl (C=O) groups is 1. The van der Waals surface area contributed by atoms with Gasteiger partial charge in [-0.2, -0.15) is 0 Å². The van der Waals surface area contributed by atoms with Crippen molar-refractivity contribution in [3.63, 3.8) is 0 Å². The Morgan fingerprint density at radius 3 is 2.64 bits per heavy atom. The highest BCUT2D eigenvalue weighted by atomic mass is 16.2. The maximum absolute atomic E-state index is 11.2. The number of amides is 1. The molecule has 0 aromatic heterocycles. The molecule has 0 unspecified atom stereocenters. The van der Waals surface area contributed by atoms with Crippen molar-refractivity contribution in [2.24, 2.45) is 23.6 Å². The lowest BCUT2D eigenvalue weighted by molar-refractivity contribution is -0.126. The predicted octanol–water partition coefficient (Wildman–Crippen LogP) is 0.412. The second-order valence-corrected chi connectivity index (χ2v) is 3.79. The fourth-order valence-corrected chi connectivity index (χ4v) is 2.67. The fourth-order valence-electron chi connectivity index (χ4n) is 2.67. The smallest absolute Gasteiger partial charge is 0.237 e. The van der Waals surface area contributed by atoms with Gasteiger partial charge in [-0.3, -0.25) is 10.2 Å². The first-order valence-electron chi connectivity index (χ1n) is 4.31. The second-order valence-electron chi connectivity index (χ2n) is 3.79. The second kappa shape index (κ2) is 2.48. The van der Waals surface area contributed by atoms with Gasteiger partial charge in [-0.1, -0.05) is 6.42 Å². The third kappa shape index (κ3) is 1.03. The summed E-state index contributed by atoms with van der Waals surface area (Å²) < 4.78 is 0. The Morgan fingerprint density at radius 2 is 2.18 bits per heavy atom. The number of nitrogens with two attached hydrogens (primary N) is 1. The molecular weight excluding hydrogens is 140 g/mol. The van der Waals surface area contributed by atoms with E-state index in [2.05, 4.69) is 5.43 Å². The van der Waals surface area contributed by atoms with E-state index >= 15 is 0 Å². The first-order valence-corrected chi connectivity index (χ1v) is 4.31. The minimum Gasteiger partial charge on any atom is -0.294 e. The number of nitrogens with one attached hydrogen (secondary N) is 1. The molecule has 2 saturated carbocycles. The summed E-state index contributed by atoms with van der Waals surface area (Å²) >= 11 is 0. The summed E-state index contributed by atoms with van der Waals surface area (Å²) in [4.78, 5) is 11.2. The standard InChI is InChI=1S/C8H14N2O/c9-10-8(11)7-4-5-1-2-6(7)3-5/h5-7H,1-4,9H2,(H,10,11)/t5-,6+,7+/m0/s1. The van der Waals surface area contributed by atoms with Crippen LogP contribution in [0.3, 0.4) is 0 Å². The molecule has 0 aromatic rings. The number of hydrazine groups is 1. The van der Waals surface area contributed by atoms with Crippen LogP contribution < -0.4 is 11.3 Å². The van der Waals surface area contributed by atoms with Crippen LogP contribution in [-0.4, -0.2) is 5.91 Å². The molecule has 11 heavy (non-hydrogen) atoms. The normalized spacial score (nSPS) is 41.0. The summed E-state index contributed by atoms with van der Waals surface area (Å²) in [5.74, 6) is 6.84. The molecule has 2 fully saturated rings. The van der Waals surface area contributed by atoms with Crippen LogP contribution in [0.25, 0.3) is 0 Å². The van der Waals surface area contributed by atoms with Gasteiger partial charge in [0.05, 0.1) is 0 Å². The van der Waals surface area contributed by atoms with Gasteiger partial charge in [0, 0.05) is 5.92 Å². The van der Waals surface area contributed by atoms with E-state index in [0.29, 0.717) is 5.92 Å². The molecule has 3 atom stereocenters. The molecule has 0 heterocycles. The Balaban J connectivity index is 2.02. The molecule has 2 aliphatic carbocycles. The van der Waals surface area contributed by atoms with Gasteiger partial charge in [0.15, 0.2) is 0 Å². The topological polar surface area (TPSA) is 55.1 Å². The predicted molar refractivity (Wildman–Crippen MR) is 41.3 cm³/mol. The summed E-state index contributed by atoms with van der Waals surface area (Å²) in [6, 6.07) is 0. The number of rotatable bonds is 1. The van der Waals surface area contributed by atoms with Crippen LogP contribution in [0.5, 0.6) is 0 Å². The Morgan fingerprint density at radius 1 is 1.36 bits per heavy atom. The molecular formula is C8H14N2O. The van der Waals surface area contributed by atoms with Gasteiger partial charge in [-0.15, -0.1) is 0 Å². The van der Waals surface area contributed by atoms with Crippen LogP contribution >= 0.6 is 0 Å². The van der Waals surface area contributed by atoms with Gasteiger partial charge in [0.1, 0.15) is 0 Å². The van der Waals surface area contributed by atoms with Gasteiger partial charge in [0.25, 0.3) is 0 Å². The Bertz CT molecular complexity index is 181. The highest BCUT2D eigenvalue weighted by Crippen LogP contribution is 2.48. The van der Waals surface area contributed by atoms with Crippen molar-refractivity contribution in [1.29, 1.82) is 0 Å². The van der Waals surface area contributed by atoms with Gasteiger partial charge in [-0.05, 0) is 31.1 Å². The third-order valence-electron chi connectivity index (χ3n) is 3.22. The van der Waals surface area contributed by atoms with Crippen molar-refractivity contribution in [2.75, 3.05) is 0 Å². The highest BCUT2D eigenvalue weighted by molar-refractivity contribution is 5.78. The summed E-state index contributed by atoms with van der Waals surface area (Å²) in [6.45, 7) is 0. The molecule has 2 aliphatic rings. The van der Waals surface area contributed by atoms with Crippen LogP contribution in [0.2, 0.25) is 0 Å². The lowest BCUT2D eigenvalue weighted by Crippen LogP contribution is -2.37. The quantitative estimate of drug-likeness (QED) is 0.326. The van der Waals surface area contributed by atoms with E-state index in [0.717, 1.165) is 12.3 Å². The Hall–Kier alpha value is -0.570. The van der Waals surface area contributed by atoms with Gasteiger partial charge >= 0.3 is 0 Å². The first kappa shape index (κ1) is 7.10. The average Bonchev–Trinajstić information content (AvgIpc) is 2.62. The summed E-state index contributed by atoms with van der Waals surface area (Å²) in [6.07, 6.45) is 4.91. The minimum atomic E-state index is 0.0530. The van der Waals surface area contributed by atoms with Crippen molar-refractivity contribution in [1.82, 2.24) is 5.43 Å². The van der Waals surface area contributed by atoms with E-state index in [1.807, 2.05) is 0 Å². The van der Waals surface area contributed by atoms with E-state index < -0.39 is 0 Å². The van der Waals surface area contributed by atoms with Crippen LogP contribution in [0, 0.1) is 17.8 Å². The molecule has 1 amide bonds. The zero-order chi connectivity index (χ0) is 7.84. The molecule has 0 radical (unpaired) electrons. The number of carbonyl (C=O) groups excluding carboxylic acids is 1. The largest absolute Gasteiger partial charge is 0.294 e. The van der Waals surface area contributed by atoms with Crippen molar-refractivity contribution < 1.29 is 4.79 Å². The molecule has 3 heteroatoms. The molecule has 3 N–H and O–H groups in total. The molecule has 62 valence electrons. The molecule has 0 spiro atoms. The molecule has 0 aromatic carbocycles. The Labute approximate surface area is 66.3 Å². The Kier molecular flexibility index (Phi) is 1.60. The third-order valence-corrected chi connectivity index (χ3v) is 3.22. The van der Waals surface area contributed by atoms with E-state index in [4.69, 9.17) is 5.84 Å².